The highest BCUT2D eigenvalue weighted by atomic mass is 35.5. The van der Waals surface area contributed by atoms with Gasteiger partial charge in [0.25, 0.3) is 0 Å². The average Bonchev–Trinajstić information content (AvgIpc) is 3.35. The first kappa shape index (κ1) is 17.5. The number of nitrogens with one attached hydrogen (secondary N) is 1. The molecular weight excluding hydrogens is 372 g/mol. The zero-order valence-electron chi connectivity index (χ0n) is 15.5. The van der Waals surface area contributed by atoms with Gasteiger partial charge in [0.05, 0.1) is 11.0 Å². The minimum Gasteiger partial charge on any atom is -0.351 e. The zero-order chi connectivity index (χ0) is 19.1. The highest BCUT2D eigenvalue weighted by Gasteiger charge is 2.19. The Labute approximate surface area is 167 Å². The van der Waals surface area contributed by atoms with Gasteiger partial charge in [0, 0.05) is 34.6 Å². The van der Waals surface area contributed by atoms with Crippen LogP contribution in [0.1, 0.15) is 12.8 Å². The molecule has 0 atom stereocenters. The molecule has 0 aliphatic carbocycles. The first-order valence-electron chi connectivity index (χ1n) is 9.70. The van der Waals surface area contributed by atoms with E-state index in [-0.39, 0.29) is 5.69 Å². The lowest BCUT2D eigenvalue weighted by Gasteiger charge is -2.16. The van der Waals surface area contributed by atoms with Crippen LogP contribution in [0, 0.1) is 0 Å². The van der Waals surface area contributed by atoms with Crippen LogP contribution < -0.4 is 5.69 Å². The predicted octanol–water partition coefficient (Wildman–Crippen LogP) is 4.29. The summed E-state index contributed by atoms with van der Waals surface area (Å²) in [7, 11) is 0. The SMILES string of the molecule is O=c1nc(-c2ccccc2)c2[nH]c3ccc(Cl)cc3c2n1CCN1CCCC1. The van der Waals surface area contributed by atoms with E-state index < -0.39 is 0 Å². The van der Waals surface area contributed by atoms with Crippen LogP contribution in [0.4, 0.5) is 0 Å². The van der Waals surface area contributed by atoms with Crippen LogP contribution in [0.3, 0.4) is 0 Å². The van der Waals surface area contributed by atoms with Crippen LogP contribution in [0.25, 0.3) is 33.2 Å². The quantitative estimate of drug-likeness (QED) is 0.563. The van der Waals surface area contributed by atoms with Crippen molar-refractivity contribution in [2.24, 2.45) is 0 Å². The summed E-state index contributed by atoms with van der Waals surface area (Å²) in [5.74, 6) is 0. The van der Waals surface area contributed by atoms with Gasteiger partial charge in [-0.05, 0) is 44.1 Å². The van der Waals surface area contributed by atoms with Crippen molar-refractivity contribution in [3.05, 3.63) is 64.0 Å². The van der Waals surface area contributed by atoms with E-state index in [4.69, 9.17) is 11.6 Å². The number of aromatic amines is 1. The summed E-state index contributed by atoms with van der Waals surface area (Å²) in [6.07, 6.45) is 2.47. The summed E-state index contributed by atoms with van der Waals surface area (Å²) in [6.45, 7) is 3.69. The molecule has 6 heteroatoms. The molecule has 4 aromatic rings. The first-order valence-corrected chi connectivity index (χ1v) is 10.1. The standard InChI is InChI=1S/C22H21ClN4O/c23-16-8-9-18-17(14-16)21-20(24-18)19(15-6-2-1-3-7-15)25-22(28)27(21)13-12-26-10-4-5-11-26/h1-3,6-9,14,24H,4-5,10-13H2. The molecule has 2 aromatic carbocycles. The van der Waals surface area contributed by atoms with Crippen molar-refractivity contribution in [3.63, 3.8) is 0 Å². The molecule has 28 heavy (non-hydrogen) atoms. The number of hydrogen-bond acceptors (Lipinski definition) is 3. The Kier molecular flexibility index (Phi) is 4.41. The van der Waals surface area contributed by atoms with Gasteiger partial charge in [0.1, 0.15) is 5.69 Å². The minimum absolute atomic E-state index is 0.216. The van der Waals surface area contributed by atoms with Crippen LogP contribution in [-0.2, 0) is 6.54 Å². The third-order valence-corrected chi connectivity index (χ3v) is 5.80. The Morgan fingerprint density at radius 1 is 1.04 bits per heavy atom. The van der Waals surface area contributed by atoms with E-state index >= 15 is 0 Å². The van der Waals surface area contributed by atoms with Crippen molar-refractivity contribution in [1.82, 2.24) is 19.4 Å². The van der Waals surface area contributed by atoms with Gasteiger partial charge in [0.2, 0.25) is 0 Å². The van der Waals surface area contributed by atoms with Gasteiger partial charge in [-0.2, -0.15) is 4.98 Å². The van der Waals surface area contributed by atoms with E-state index in [1.165, 1.54) is 12.8 Å². The number of benzene rings is 2. The fourth-order valence-corrected chi connectivity index (χ4v) is 4.34. The minimum atomic E-state index is -0.216. The van der Waals surface area contributed by atoms with E-state index in [1.54, 1.807) is 4.57 Å². The number of H-pyrrole nitrogens is 1. The summed E-state index contributed by atoms with van der Waals surface area (Å²) in [5.41, 5.74) is 4.12. The Bertz CT molecular complexity index is 1210. The van der Waals surface area contributed by atoms with Gasteiger partial charge in [-0.25, -0.2) is 4.79 Å². The van der Waals surface area contributed by atoms with Crippen molar-refractivity contribution >= 4 is 33.5 Å². The Morgan fingerprint density at radius 2 is 1.82 bits per heavy atom. The highest BCUT2D eigenvalue weighted by Crippen LogP contribution is 2.32. The fraction of sp³-hybridized carbons (Fsp3) is 0.273. The lowest BCUT2D eigenvalue weighted by Crippen LogP contribution is -2.30. The summed E-state index contributed by atoms with van der Waals surface area (Å²) in [6, 6.07) is 15.6. The van der Waals surface area contributed by atoms with Crippen LogP contribution in [0.5, 0.6) is 0 Å². The molecule has 0 spiro atoms. The molecule has 5 nitrogen and oxygen atoms in total. The lowest BCUT2D eigenvalue weighted by molar-refractivity contribution is 0.322. The molecule has 0 radical (unpaired) electrons. The van der Waals surface area contributed by atoms with E-state index in [0.717, 1.165) is 47.1 Å². The maximum absolute atomic E-state index is 13.0. The topological polar surface area (TPSA) is 53.9 Å². The van der Waals surface area contributed by atoms with E-state index in [0.29, 0.717) is 17.3 Å². The second-order valence-electron chi connectivity index (χ2n) is 7.35. The molecule has 3 heterocycles. The molecule has 1 fully saturated rings. The normalized spacial score (nSPS) is 15.0. The molecule has 1 N–H and O–H groups in total. The molecular formula is C22H21ClN4O. The van der Waals surface area contributed by atoms with Crippen molar-refractivity contribution in [2.75, 3.05) is 19.6 Å². The molecule has 0 amide bonds. The third-order valence-electron chi connectivity index (χ3n) is 5.56. The van der Waals surface area contributed by atoms with Gasteiger partial charge >= 0.3 is 5.69 Å². The molecule has 0 unspecified atom stereocenters. The largest absolute Gasteiger partial charge is 0.351 e. The molecule has 142 valence electrons. The number of nitrogens with zero attached hydrogens (tertiary/aromatic N) is 3. The summed E-state index contributed by atoms with van der Waals surface area (Å²) in [5, 5.41) is 1.62. The van der Waals surface area contributed by atoms with Crippen LogP contribution >= 0.6 is 11.6 Å². The summed E-state index contributed by atoms with van der Waals surface area (Å²) in [4.78, 5) is 23.4. The number of halogens is 1. The van der Waals surface area contributed by atoms with E-state index in [9.17, 15) is 4.79 Å². The van der Waals surface area contributed by atoms with Crippen molar-refractivity contribution in [2.45, 2.75) is 19.4 Å². The molecule has 5 rings (SSSR count). The molecule has 0 bridgehead atoms. The van der Waals surface area contributed by atoms with Crippen LogP contribution in [0.15, 0.2) is 53.3 Å². The van der Waals surface area contributed by atoms with Crippen molar-refractivity contribution in [1.29, 1.82) is 0 Å². The smallest absolute Gasteiger partial charge is 0.348 e. The second kappa shape index (κ2) is 7.08. The number of likely N-dealkylation sites (tertiary alicyclic amines) is 1. The predicted molar refractivity (Wildman–Crippen MR) is 114 cm³/mol. The van der Waals surface area contributed by atoms with Crippen molar-refractivity contribution in [3.8, 4) is 11.3 Å². The van der Waals surface area contributed by atoms with E-state index in [2.05, 4.69) is 14.9 Å². The second-order valence-corrected chi connectivity index (χ2v) is 7.78. The Morgan fingerprint density at radius 3 is 2.61 bits per heavy atom. The monoisotopic (exact) mass is 392 g/mol. The number of aromatic nitrogens is 3. The summed E-state index contributed by atoms with van der Waals surface area (Å²) >= 11 is 6.28. The molecule has 2 aromatic heterocycles. The molecule has 1 aliphatic rings. The molecule has 1 aliphatic heterocycles. The van der Waals surface area contributed by atoms with Gasteiger partial charge in [-0.1, -0.05) is 41.9 Å². The maximum Gasteiger partial charge on any atom is 0.348 e. The lowest BCUT2D eigenvalue weighted by atomic mass is 10.1. The first-order chi connectivity index (χ1) is 13.7. The number of fused-ring (bicyclic) bond motifs is 3. The highest BCUT2D eigenvalue weighted by molar-refractivity contribution is 6.31. The Hall–Kier alpha value is -2.63. The number of rotatable bonds is 4. The average molecular weight is 393 g/mol. The van der Waals surface area contributed by atoms with Crippen LogP contribution in [-0.4, -0.2) is 39.1 Å². The zero-order valence-corrected chi connectivity index (χ0v) is 16.2. The maximum atomic E-state index is 13.0. The number of hydrogen-bond donors (Lipinski definition) is 1. The van der Waals surface area contributed by atoms with Gasteiger partial charge in [-0.15, -0.1) is 0 Å². The van der Waals surface area contributed by atoms with Gasteiger partial charge in [-0.3, -0.25) is 4.57 Å². The van der Waals surface area contributed by atoms with E-state index in [1.807, 2.05) is 48.5 Å². The van der Waals surface area contributed by atoms with Gasteiger partial charge in [0.15, 0.2) is 0 Å². The fourth-order valence-electron chi connectivity index (χ4n) is 4.17. The third kappa shape index (κ3) is 3.01. The molecule has 0 saturated carbocycles. The Balaban J connectivity index is 1.74. The van der Waals surface area contributed by atoms with Crippen LogP contribution in [0.2, 0.25) is 5.02 Å². The van der Waals surface area contributed by atoms with Gasteiger partial charge < -0.3 is 9.88 Å². The summed E-state index contributed by atoms with van der Waals surface area (Å²) < 4.78 is 1.80. The van der Waals surface area contributed by atoms with Crippen molar-refractivity contribution < 1.29 is 0 Å². The molecule has 1 saturated heterocycles.